The van der Waals surface area contributed by atoms with Crippen LogP contribution in [-0.4, -0.2) is 68.6 Å². The smallest absolute Gasteiger partial charge is 0.407 e. The zero-order valence-corrected chi connectivity index (χ0v) is 29.8. The Bertz CT molecular complexity index is 768. The Labute approximate surface area is 275 Å². The van der Waals surface area contributed by atoms with Crippen LogP contribution in [0.2, 0.25) is 0 Å². The van der Waals surface area contributed by atoms with Crippen LogP contribution in [0.1, 0.15) is 151 Å². The van der Waals surface area contributed by atoms with Crippen LogP contribution in [0.4, 0.5) is 4.79 Å². The Balaban J connectivity index is 3.54. The topological polar surface area (TPSA) is 115 Å². The molecular weight excluding hydrogens is 570 g/mol. The first-order chi connectivity index (χ1) is 21.5. The average Bonchev–Trinajstić information content (AvgIpc) is 2.96. The molecule has 45 heavy (non-hydrogen) atoms. The number of hydrogen-bond donors (Lipinski definition) is 3. The molecule has 2 atom stereocenters. The van der Waals surface area contributed by atoms with E-state index in [9.17, 15) is 14.4 Å². The van der Waals surface area contributed by atoms with Gasteiger partial charge in [0.1, 0.15) is 5.60 Å². The Kier molecular flexibility index (Phi) is 27.9. The van der Waals surface area contributed by atoms with E-state index in [0.717, 1.165) is 12.8 Å². The van der Waals surface area contributed by atoms with Crippen LogP contribution >= 0.6 is 0 Å². The maximum absolute atomic E-state index is 12.1. The highest BCUT2D eigenvalue weighted by atomic mass is 16.6. The summed E-state index contributed by atoms with van der Waals surface area (Å²) in [6.45, 7) is 13.8. The van der Waals surface area contributed by atoms with E-state index in [-0.39, 0.29) is 30.4 Å². The number of allylic oxidation sites excluding steroid dienone is 2. The highest BCUT2D eigenvalue weighted by Crippen LogP contribution is 2.10. The van der Waals surface area contributed by atoms with Crippen LogP contribution in [-0.2, 0) is 23.8 Å². The van der Waals surface area contributed by atoms with E-state index in [2.05, 4.69) is 35.0 Å². The molecule has 0 saturated heterocycles. The average molecular weight is 640 g/mol. The lowest BCUT2D eigenvalue weighted by Gasteiger charge is -2.21. The molecule has 9 nitrogen and oxygen atoms in total. The summed E-state index contributed by atoms with van der Waals surface area (Å²) in [7, 11) is 0. The van der Waals surface area contributed by atoms with E-state index in [0.29, 0.717) is 52.2 Å². The van der Waals surface area contributed by atoms with Crippen LogP contribution in [0.25, 0.3) is 0 Å². The quantitative estimate of drug-likeness (QED) is 0.0569. The fourth-order valence-corrected chi connectivity index (χ4v) is 4.59. The van der Waals surface area contributed by atoms with Gasteiger partial charge in [-0.25, -0.2) is 4.79 Å². The second kappa shape index (κ2) is 29.3. The maximum atomic E-state index is 12.1. The number of carbonyl (C=O) groups is 3. The summed E-state index contributed by atoms with van der Waals surface area (Å²) < 4.78 is 16.5. The molecule has 0 aromatic rings. The van der Waals surface area contributed by atoms with Crippen molar-refractivity contribution in [3.8, 4) is 0 Å². The molecule has 0 radical (unpaired) electrons. The summed E-state index contributed by atoms with van der Waals surface area (Å²) in [6.07, 6.45) is 22.7. The van der Waals surface area contributed by atoms with Gasteiger partial charge in [0.25, 0.3) is 0 Å². The second-order valence-corrected chi connectivity index (χ2v) is 13.2. The highest BCUT2D eigenvalue weighted by Gasteiger charge is 2.17. The molecule has 9 heteroatoms. The number of carbonyl (C=O) groups excluding carboxylic acids is 3. The van der Waals surface area contributed by atoms with Gasteiger partial charge in [-0.15, -0.1) is 0 Å². The molecule has 0 bridgehead atoms. The van der Waals surface area contributed by atoms with Crippen LogP contribution in [0, 0.1) is 0 Å². The predicted octanol–water partition coefficient (Wildman–Crippen LogP) is 7.76. The van der Waals surface area contributed by atoms with Gasteiger partial charge in [0.15, 0.2) is 0 Å². The lowest BCUT2D eigenvalue weighted by atomic mass is 10.1. The van der Waals surface area contributed by atoms with Gasteiger partial charge in [-0.2, -0.15) is 0 Å². The number of rotatable bonds is 29. The third kappa shape index (κ3) is 33.1. The van der Waals surface area contributed by atoms with Crippen LogP contribution in [0.5, 0.6) is 0 Å². The van der Waals surface area contributed by atoms with E-state index in [1.54, 1.807) is 0 Å². The number of alkyl carbamates (subject to hydrolysis) is 1. The fraction of sp³-hybridized carbons (Fsp3) is 0.861. The summed E-state index contributed by atoms with van der Waals surface area (Å²) >= 11 is 0. The molecule has 0 rings (SSSR count). The SMILES string of the molecule is CCCCCCCC/C=C\CCCCCCCC(=O)NCCOC(C)CCNC(=O)CCOCCC(C)NC(=O)OC(C)(C)C. The third-order valence-electron chi connectivity index (χ3n) is 7.30. The standard InChI is InChI=1S/C36H69N3O6/c1-7-8-9-10-11-12-13-14-15-16-17-18-19-20-21-22-33(40)38-27-30-44-32(3)23-26-37-34(41)25-29-43-28-24-31(2)39-35(42)45-36(4,5)6/h14-15,31-32H,7-13,16-30H2,1-6H3,(H,37,41)(H,38,40)(H,39,42)/b15-14-. The summed E-state index contributed by atoms with van der Waals surface area (Å²) in [4.78, 5) is 35.9. The number of unbranched alkanes of at least 4 members (excludes halogenated alkanes) is 11. The number of ether oxygens (including phenoxy) is 3. The molecule has 0 spiro atoms. The second-order valence-electron chi connectivity index (χ2n) is 13.2. The van der Waals surface area contributed by atoms with Gasteiger partial charge in [-0.1, -0.05) is 70.4 Å². The fourth-order valence-electron chi connectivity index (χ4n) is 4.59. The number of amides is 3. The minimum atomic E-state index is -0.529. The van der Waals surface area contributed by atoms with Crippen molar-refractivity contribution < 1.29 is 28.6 Å². The van der Waals surface area contributed by atoms with Crippen molar-refractivity contribution in [3.05, 3.63) is 12.2 Å². The van der Waals surface area contributed by atoms with Crippen molar-refractivity contribution in [1.29, 1.82) is 0 Å². The number of nitrogens with one attached hydrogen (secondary N) is 3. The summed E-state index contributed by atoms with van der Waals surface area (Å²) in [6, 6.07) is -0.0829. The first-order valence-corrected chi connectivity index (χ1v) is 17.9. The molecule has 0 heterocycles. The van der Waals surface area contributed by atoms with Gasteiger partial charge in [0, 0.05) is 38.6 Å². The van der Waals surface area contributed by atoms with E-state index in [4.69, 9.17) is 14.2 Å². The van der Waals surface area contributed by atoms with Gasteiger partial charge in [0.05, 0.1) is 19.3 Å². The van der Waals surface area contributed by atoms with Gasteiger partial charge in [0.2, 0.25) is 11.8 Å². The van der Waals surface area contributed by atoms with Crippen molar-refractivity contribution in [3.63, 3.8) is 0 Å². The van der Waals surface area contributed by atoms with Crippen LogP contribution in [0.3, 0.4) is 0 Å². The summed E-state index contributed by atoms with van der Waals surface area (Å²) in [5, 5.41) is 8.59. The maximum Gasteiger partial charge on any atom is 0.407 e. The molecule has 3 N–H and O–H groups in total. The van der Waals surface area contributed by atoms with Crippen molar-refractivity contribution in [2.24, 2.45) is 0 Å². The van der Waals surface area contributed by atoms with Gasteiger partial charge in [-0.05, 0) is 79.6 Å². The van der Waals surface area contributed by atoms with Crippen molar-refractivity contribution in [2.75, 3.05) is 32.9 Å². The van der Waals surface area contributed by atoms with Crippen molar-refractivity contribution in [1.82, 2.24) is 16.0 Å². The lowest BCUT2D eigenvalue weighted by molar-refractivity contribution is -0.123. The summed E-state index contributed by atoms with van der Waals surface area (Å²) in [5.74, 6) is 0.0251. The molecule has 0 aromatic carbocycles. The van der Waals surface area contributed by atoms with Gasteiger partial charge < -0.3 is 30.2 Å². The zero-order valence-electron chi connectivity index (χ0n) is 29.8. The van der Waals surface area contributed by atoms with E-state index < -0.39 is 11.7 Å². The van der Waals surface area contributed by atoms with E-state index in [1.807, 2.05) is 34.6 Å². The Morgan fingerprint density at radius 1 is 0.689 bits per heavy atom. The monoisotopic (exact) mass is 640 g/mol. The molecule has 264 valence electrons. The first kappa shape index (κ1) is 42.9. The zero-order chi connectivity index (χ0) is 33.6. The molecule has 0 aliphatic carbocycles. The number of hydrogen-bond acceptors (Lipinski definition) is 6. The lowest BCUT2D eigenvalue weighted by Crippen LogP contribution is -2.38. The Morgan fingerprint density at radius 3 is 1.91 bits per heavy atom. The Morgan fingerprint density at radius 2 is 1.27 bits per heavy atom. The van der Waals surface area contributed by atoms with Crippen molar-refractivity contribution >= 4 is 17.9 Å². The van der Waals surface area contributed by atoms with Crippen molar-refractivity contribution in [2.45, 2.75) is 168 Å². The van der Waals surface area contributed by atoms with Gasteiger partial charge in [-0.3, -0.25) is 9.59 Å². The molecular formula is C36H69N3O6. The molecule has 2 unspecified atom stereocenters. The van der Waals surface area contributed by atoms with E-state index >= 15 is 0 Å². The first-order valence-electron chi connectivity index (χ1n) is 17.9. The largest absolute Gasteiger partial charge is 0.444 e. The molecule has 0 saturated carbocycles. The minimum absolute atomic E-state index is 0.0113. The third-order valence-corrected chi connectivity index (χ3v) is 7.30. The van der Waals surface area contributed by atoms with Crippen LogP contribution in [0.15, 0.2) is 12.2 Å². The highest BCUT2D eigenvalue weighted by molar-refractivity contribution is 5.76. The molecule has 0 aliphatic heterocycles. The molecule has 0 aliphatic rings. The molecule has 0 fully saturated rings. The molecule has 3 amide bonds. The normalized spacial score (nSPS) is 13.0. The Hall–Kier alpha value is -2.13. The predicted molar refractivity (Wildman–Crippen MR) is 184 cm³/mol. The molecule has 0 aromatic heterocycles. The van der Waals surface area contributed by atoms with Crippen LogP contribution < -0.4 is 16.0 Å². The summed E-state index contributed by atoms with van der Waals surface area (Å²) in [5.41, 5.74) is -0.529. The van der Waals surface area contributed by atoms with Gasteiger partial charge >= 0.3 is 6.09 Å². The van der Waals surface area contributed by atoms with E-state index in [1.165, 1.54) is 70.6 Å². The minimum Gasteiger partial charge on any atom is -0.444 e.